The van der Waals surface area contributed by atoms with Crippen LogP contribution in [0.1, 0.15) is 25.8 Å². The van der Waals surface area contributed by atoms with Crippen molar-refractivity contribution in [3.63, 3.8) is 0 Å². The Labute approximate surface area is 147 Å². The predicted molar refractivity (Wildman–Crippen MR) is 93.8 cm³/mol. The maximum absolute atomic E-state index is 13.4. The predicted octanol–water partition coefficient (Wildman–Crippen LogP) is 2.31. The largest absolute Gasteiger partial charge is 0.494 e. The topological polar surface area (TPSA) is 58.6 Å². The van der Waals surface area contributed by atoms with Gasteiger partial charge in [-0.15, -0.1) is 0 Å². The number of hydrogen-bond acceptors (Lipinski definition) is 3. The Bertz CT molecular complexity index is 673. The van der Waals surface area contributed by atoms with Gasteiger partial charge in [-0.25, -0.2) is 4.39 Å². The zero-order valence-corrected chi connectivity index (χ0v) is 15.0. The van der Waals surface area contributed by atoms with Gasteiger partial charge in [0.05, 0.1) is 13.5 Å². The number of nitrogens with zero attached hydrogens (tertiary/aromatic N) is 1. The fraction of sp³-hybridized carbons (Fsp3) is 0.474. The van der Waals surface area contributed by atoms with Gasteiger partial charge in [0.2, 0.25) is 11.8 Å². The van der Waals surface area contributed by atoms with E-state index in [0.717, 1.165) is 0 Å². The smallest absolute Gasteiger partial charge is 0.245 e. The molecule has 1 N–H and O–H groups in total. The minimum absolute atomic E-state index is 0.0313. The van der Waals surface area contributed by atoms with E-state index in [1.165, 1.54) is 25.3 Å². The van der Waals surface area contributed by atoms with Crippen LogP contribution in [0.2, 0.25) is 0 Å². The zero-order chi connectivity index (χ0) is 18.6. The molecule has 6 heteroatoms. The maximum Gasteiger partial charge on any atom is 0.245 e. The van der Waals surface area contributed by atoms with E-state index < -0.39 is 5.82 Å². The first-order valence-electron chi connectivity index (χ1n) is 8.30. The highest BCUT2D eigenvalue weighted by atomic mass is 19.1. The molecule has 136 valence electrons. The fourth-order valence-corrected chi connectivity index (χ4v) is 3.19. The SMILES string of the molecule is C=CC(=O)N1CCC(NC(=O)Cc2ccc(F)c(OC)c2)C(C)(C)C1. The molecule has 1 fully saturated rings. The number of benzene rings is 1. The van der Waals surface area contributed by atoms with E-state index in [9.17, 15) is 14.0 Å². The second kappa shape index (κ2) is 7.68. The molecule has 1 aliphatic heterocycles. The summed E-state index contributed by atoms with van der Waals surface area (Å²) in [7, 11) is 1.39. The average Bonchev–Trinajstić information content (AvgIpc) is 2.57. The summed E-state index contributed by atoms with van der Waals surface area (Å²) in [5.41, 5.74) is 0.445. The number of halogens is 1. The summed E-state index contributed by atoms with van der Waals surface area (Å²) in [6.45, 7) is 8.73. The van der Waals surface area contributed by atoms with Crippen molar-refractivity contribution in [3.8, 4) is 5.75 Å². The lowest BCUT2D eigenvalue weighted by Gasteiger charge is -2.44. The van der Waals surface area contributed by atoms with Crippen molar-refractivity contribution < 1.29 is 18.7 Å². The molecule has 0 radical (unpaired) electrons. The Balaban J connectivity index is 1.98. The first kappa shape index (κ1) is 19.0. The van der Waals surface area contributed by atoms with Gasteiger partial charge >= 0.3 is 0 Å². The number of nitrogens with one attached hydrogen (secondary N) is 1. The summed E-state index contributed by atoms with van der Waals surface area (Å²) in [5, 5.41) is 3.05. The standard InChI is InChI=1S/C19H25FN2O3/c1-5-18(24)22-9-8-16(19(2,3)12-22)21-17(23)11-13-6-7-14(20)15(10-13)25-4/h5-7,10,16H,1,8-9,11-12H2,2-4H3,(H,21,23). The number of ether oxygens (including phenoxy) is 1. The van der Waals surface area contributed by atoms with E-state index >= 15 is 0 Å². The third kappa shape index (κ3) is 4.59. The normalized spacial score (nSPS) is 19.2. The van der Waals surface area contributed by atoms with Crippen LogP contribution in [0.5, 0.6) is 5.75 Å². The van der Waals surface area contributed by atoms with E-state index in [1.807, 2.05) is 13.8 Å². The minimum Gasteiger partial charge on any atom is -0.494 e. The molecule has 1 saturated heterocycles. The van der Waals surface area contributed by atoms with E-state index in [0.29, 0.717) is 25.1 Å². The minimum atomic E-state index is -0.452. The first-order valence-corrected chi connectivity index (χ1v) is 8.30. The molecule has 1 aromatic carbocycles. The fourth-order valence-electron chi connectivity index (χ4n) is 3.19. The zero-order valence-electron chi connectivity index (χ0n) is 15.0. The van der Waals surface area contributed by atoms with Gasteiger partial charge in [-0.3, -0.25) is 9.59 Å². The number of hydrogen-bond donors (Lipinski definition) is 1. The van der Waals surface area contributed by atoms with Gasteiger partial charge in [-0.1, -0.05) is 26.5 Å². The molecule has 2 amide bonds. The van der Waals surface area contributed by atoms with Crippen LogP contribution in [-0.2, 0) is 16.0 Å². The van der Waals surface area contributed by atoms with Crippen molar-refractivity contribution in [1.29, 1.82) is 0 Å². The van der Waals surface area contributed by atoms with Crippen LogP contribution in [-0.4, -0.2) is 43.0 Å². The van der Waals surface area contributed by atoms with Crippen molar-refractivity contribution in [2.24, 2.45) is 5.41 Å². The van der Waals surface area contributed by atoms with Crippen LogP contribution >= 0.6 is 0 Å². The highest BCUT2D eigenvalue weighted by Gasteiger charge is 2.37. The van der Waals surface area contributed by atoms with Crippen LogP contribution in [0.4, 0.5) is 4.39 Å². The third-order valence-electron chi connectivity index (χ3n) is 4.63. The summed E-state index contributed by atoms with van der Waals surface area (Å²) >= 11 is 0. The molecule has 1 aliphatic rings. The van der Waals surface area contributed by atoms with Crippen molar-refractivity contribution >= 4 is 11.8 Å². The highest BCUT2D eigenvalue weighted by Crippen LogP contribution is 2.29. The Morgan fingerprint density at radius 2 is 2.20 bits per heavy atom. The number of rotatable bonds is 5. The molecule has 1 aromatic rings. The molecular formula is C19H25FN2O3. The van der Waals surface area contributed by atoms with Crippen LogP contribution < -0.4 is 10.1 Å². The second-order valence-corrected chi connectivity index (χ2v) is 7.01. The molecule has 0 spiro atoms. The maximum atomic E-state index is 13.4. The van der Waals surface area contributed by atoms with E-state index in [2.05, 4.69) is 11.9 Å². The third-order valence-corrected chi connectivity index (χ3v) is 4.63. The molecule has 0 saturated carbocycles. The van der Waals surface area contributed by atoms with Crippen LogP contribution in [0.15, 0.2) is 30.9 Å². The van der Waals surface area contributed by atoms with Gasteiger partial charge in [0.15, 0.2) is 11.6 Å². The first-order chi connectivity index (χ1) is 11.8. The lowest BCUT2D eigenvalue weighted by molar-refractivity contribution is -0.130. The molecule has 1 unspecified atom stereocenters. The Hall–Kier alpha value is -2.37. The molecule has 1 heterocycles. The summed E-state index contributed by atoms with van der Waals surface area (Å²) < 4.78 is 18.4. The average molecular weight is 348 g/mol. The molecule has 0 aromatic heterocycles. The number of amides is 2. The number of likely N-dealkylation sites (tertiary alicyclic amines) is 1. The van der Waals surface area contributed by atoms with Crippen molar-refractivity contribution in [2.75, 3.05) is 20.2 Å². The molecule has 5 nitrogen and oxygen atoms in total. The van der Waals surface area contributed by atoms with Gasteiger partial charge in [0.1, 0.15) is 0 Å². The molecule has 2 rings (SSSR count). The highest BCUT2D eigenvalue weighted by molar-refractivity contribution is 5.87. The quantitative estimate of drug-likeness (QED) is 0.831. The number of carbonyl (C=O) groups excluding carboxylic acids is 2. The van der Waals surface area contributed by atoms with E-state index in [1.54, 1.807) is 11.0 Å². The summed E-state index contributed by atoms with van der Waals surface area (Å²) in [6, 6.07) is 4.38. The Kier molecular flexibility index (Phi) is 5.82. The lowest BCUT2D eigenvalue weighted by atomic mass is 9.79. The molecule has 1 atom stereocenters. The Morgan fingerprint density at radius 1 is 1.48 bits per heavy atom. The Morgan fingerprint density at radius 3 is 2.80 bits per heavy atom. The van der Waals surface area contributed by atoms with Gasteiger partial charge in [-0.2, -0.15) is 0 Å². The summed E-state index contributed by atoms with van der Waals surface area (Å²) in [5.74, 6) is -0.541. The summed E-state index contributed by atoms with van der Waals surface area (Å²) in [6.07, 6.45) is 2.15. The summed E-state index contributed by atoms with van der Waals surface area (Å²) in [4.78, 5) is 25.9. The molecule has 0 bridgehead atoms. The van der Waals surface area contributed by atoms with Crippen LogP contribution in [0.3, 0.4) is 0 Å². The van der Waals surface area contributed by atoms with Crippen molar-refractivity contribution in [1.82, 2.24) is 10.2 Å². The number of piperidine rings is 1. The van der Waals surface area contributed by atoms with Gasteiger partial charge in [0, 0.05) is 24.5 Å². The van der Waals surface area contributed by atoms with Gasteiger partial charge in [-0.05, 0) is 30.2 Å². The van der Waals surface area contributed by atoms with Gasteiger partial charge in [0.25, 0.3) is 0 Å². The monoisotopic (exact) mass is 348 g/mol. The van der Waals surface area contributed by atoms with E-state index in [4.69, 9.17) is 4.74 Å². The van der Waals surface area contributed by atoms with E-state index in [-0.39, 0.29) is 35.4 Å². The van der Waals surface area contributed by atoms with Crippen molar-refractivity contribution in [3.05, 3.63) is 42.2 Å². The second-order valence-electron chi connectivity index (χ2n) is 7.01. The molecule has 25 heavy (non-hydrogen) atoms. The molecule has 0 aliphatic carbocycles. The molecular weight excluding hydrogens is 323 g/mol. The number of carbonyl (C=O) groups is 2. The van der Waals surface area contributed by atoms with Crippen LogP contribution in [0, 0.1) is 11.2 Å². The lowest BCUT2D eigenvalue weighted by Crippen LogP contribution is -2.56. The van der Waals surface area contributed by atoms with Crippen molar-refractivity contribution in [2.45, 2.75) is 32.7 Å². The van der Waals surface area contributed by atoms with Gasteiger partial charge < -0.3 is 15.0 Å². The van der Waals surface area contributed by atoms with Crippen LogP contribution in [0.25, 0.3) is 0 Å². The number of methoxy groups -OCH3 is 1.